The molecule has 0 aliphatic carbocycles. The van der Waals surface area contributed by atoms with Crippen molar-refractivity contribution >= 4 is 0 Å². The van der Waals surface area contributed by atoms with Crippen molar-refractivity contribution in [2.45, 2.75) is 39.0 Å². The Labute approximate surface area is 128 Å². The van der Waals surface area contributed by atoms with Gasteiger partial charge in [0.15, 0.2) is 0 Å². The second-order valence-corrected chi connectivity index (χ2v) is 5.89. The Morgan fingerprint density at radius 2 is 2.05 bits per heavy atom. The first-order valence-corrected chi connectivity index (χ1v) is 8.17. The number of hydrogen-bond donors (Lipinski definition) is 0. The molecule has 0 aromatic heterocycles. The molecule has 3 heteroatoms. The molecule has 1 aromatic rings. The first-order chi connectivity index (χ1) is 10.3. The summed E-state index contributed by atoms with van der Waals surface area (Å²) in [5, 5.41) is 8.75. The minimum atomic E-state index is 0.678. The summed E-state index contributed by atoms with van der Waals surface area (Å²) in [5.74, 6) is 1.79. The largest absolute Gasteiger partial charge is 0.494 e. The number of hydrogen-bond acceptors (Lipinski definition) is 3. The minimum absolute atomic E-state index is 0.678. The Kier molecular flexibility index (Phi) is 6.56. The number of nitrogens with zero attached hydrogens (tertiary/aromatic N) is 2. The lowest BCUT2D eigenvalue weighted by molar-refractivity contribution is 0.237. The van der Waals surface area contributed by atoms with Crippen molar-refractivity contribution in [2.75, 3.05) is 26.2 Å². The first-order valence-electron chi connectivity index (χ1n) is 8.17. The van der Waals surface area contributed by atoms with E-state index in [9.17, 15) is 0 Å². The Hall–Kier alpha value is -1.53. The molecule has 1 aliphatic heterocycles. The summed E-state index contributed by atoms with van der Waals surface area (Å²) in [4.78, 5) is 2.58. The van der Waals surface area contributed by atoms with Crippen LogP contribution in [0.1, 0.15) is 44.6 Å². The standard InChI is InChI=1S/C18H26N2O/c1-2-16-5-3-11-20(13-10-16)12-4-14-21-18-8-6-17(15-19)7-9-18/h6-9,16H,2-5,10-14H2,1H3. The average molecular weight is 286 g/mol. The van der Waals surface area contributed by atoms with Crippen LogP contribution in [0.5, 0.6) is 5.75 Å². The Balaban J connectivity index is 1.64. The highest BCUT2D eigenvalue weighted by atomic mass is 16.5. The molecule has 1 heterocycles. The molecule has 1 fully saturated rings. The van der Waals surface area contributed by atoms with E-state index in [1.807, 2.05) is 12.1 Å². The lowest BCUT2D eigenvalue weighted by Gasteiger charge is -2.20. The Morgan fingerprint density at radius 1 is 1.24 bits per heavy atom. The molecule has 3 nitrogen and oxygen atoms in total. The van der Waals surface area contributed by atoms with E-state index in [-0.39, 0.29) is 0 Å². The monoisotopic (exact) mass is 286 g/mol. The third-order valence-electron chi connectivity index (χ3n) is 4.39. The number of nitriles is 1. The fraction of sp³-hybridized carbons (Fsp3) is 0.611. The van der Waals surface area contributed by atoms with Crippen LogP contribution in [0.15, 0.2) is 24.3 Å². The molecule has 0 saturated carbocycles. The summed E-state index contributed by atoms with van der Waals surface area (Å²) >= 11 is 0. The second-order valence-electron chi connectivity index (χ2n) is 5.89. The fourth-order valence-corrected chi connectivity index (χ4v) is 2.96. The molecule has 0 amide bonds. The molecule has 2 rings (SSSR count). The molecular formula is C18H26N2O. The van der Waals surface area contributed by atoms with Crippen LogP contribution in [-0.4, -0.2) is 31.1 Å². The quantitative estimate of drug-likeness (QED) is 0.745. The van der Waals surface area contributed by atoms with Gasteiger partial charge in [-0.25, -0.2) is 0 Å². The van der Waals surface area contributed by atoms with Crippen LogP contribution in [0.25, 0.3) is 0 Å². The van der Waals surface area contributed by atoms with Gasteiger partial charge in [0, 0.05) is 6.54 Å². The van der Waals surface area contributed by atoms with Crippen LogP contribution in [0.2, 0.25) is 0 Å². The molecule has 21 heavy (non-hydrogen) atoms. The van der Waals surface area contributed by atoms with Gasteiger partial charge in [0.25, 0.3) is 0 Å². The van der Waals surface area contributed by atoms with Gasteiger partial charge in [0.2, 0.25) is 0 Å². The van der Waals surface area contributed by atoms with E-state index in [1.54, 1.807) is 12.1 Å². The van der Waals surface area contributed by atoms with Crippen LogP contribution in [0, 0.1) is 17.2 Å². The zero-order chi connectivity index (χ0) is 14.9. The summed E-state index contributed by atoms with van der Waals surface area (Å²) in [6, 6.07) is 9.46. The smallest absolute Gasteiger partial charge is 0.119 e. The summed E-state index contributed by atoms with van der Waals surface area (Å²) in [6.07, 6.45) is 6.49. The number of likely N-dealkylation sites (tertiary alicyclic amines) is 1. The third kappa shape index (κ3) is 5.40. The fourth-order valence-electron chi connectivity index (χ4n) is 2.96. The minimum Gasteiger partial charge on any atom is -0.494 e. The molecule has 0 bridgehead atoms. The van der Waals surface area contributed by atoms with Crippen LogP contribution >= 0.6 is 0 Å². The zero-order valence-corrected chi connectivity index (χ0v) is 13.1. The van der Waals surface area contributed by atoms with Gasteiger partial charge in [-0.3, -0.25) is 0 Å². The van der Waals surface area contributed by atoms with Crippen LogP contribution in [0.4, 0.5) is 0 Å². The van der Waals surface area contributed by atoms with Crippen molar-refractivity contribution < 1.29 is 4.74 Å². The van der Waals surface area contributed by atoms with E-state index in [1.165, 1.54) is 38.8 Å². The lowest BCUT2D eigenvalue weighted by Crippen LogP contribution is -2.27. The maximum atomic E-state index is 8.75. The van der Waals surface area contributed by atoms with Gasteiger partial charge in [0.05, 0.1) is 18.2 Å². The maximum absolute atomic E-state index is 8.75. The van der Waals surface area contributed by atoms with E-state index in [4.69, 9.17) is 10.00 Å². The average Bonchev–Trinajstić information content (AvgIpc) is 2.77. The van der Waals surface area contributed by atoms with Crippen LogP contribution < -0.4 is 4.74 Å². The van der Waals surface area contributed by atoms with Gasteiger partial charge in [-0.2, -0.15) is 5.26 Å². The number of rotatable bonds is 6. The second kappa shape index (κ2) is 8.69. The van der Waals surface area contributed by atoms with E-state index >= 15 is 0 Å². The third-order valence-corrected chi connectivity index (χ3v) is 4.39. The molecule has 1 aromatic carbocycles. The summed E-state index contributed by atoms with van der Waals surface area (Å²) in [6.45, 7) is 6.68. The van der Waals surface area contributed by atoms with E-state index in [0.29, 0.717) is 5.56 Å². The van der Waals surface area contributed by atoms with Gasteiger partial charge in [0.1, 0.15) is 5.75 Å². The summed E-state index contributed by atoms with van der Waals surface area (Å²) in [5.41, 5.74) is 0.678. The first kappa shape index (κ1) is 15.9. The molecule has 0 spiro atoms. The van der Waals surface area contributed by atoms with Crippen molar-refractivity contribution in [3.05, 3.63) is 29.8 Å². The SMILES string of the molecule is CCC1CCCN(CCCOc2ccc(C#N)cc2)CC1. The highest BCUT2D eigenvalue weighted by Crippen LogP contribution is 2.20. The summed E-state index contributed by atoms with van der Waals surface area (Å²) < 4.78 is 5.73. The maximum Gasteiger partial charge on any atom is 0.119 e. The van der Waals surface area contributed by atoms with E-state index < -0.39 is 0 Å². The molecule has 114 valence electrons. The highest BCUT2D eigenvalue weighted by Gasteiger charge is 2.14. The van der Waals surface area contributed by atoms with Gasteiger partial charge in [-0.1, -0.05) is 13.3 Å². The zero-order valence-electron chi connectivity index (χ0n) is 13.1. The Morgan fingerprint density at radius 3 is 2.76 bits per heavy atom. The van der Waals surface area contributed by atoms with E-state index in [0.717, 1.165) is 31.2 Å². The molecule has 1 saturated heterocycles. The van der Waals surface area contributed by atoms with Gasteiger partial charge >= 0.3 is 0 Å². The summed E-state index contributed by atoms with van der Waals surface area (Å²) in [7, 11) is 0. The number of benzene rings is 1. The van der Waals surface area contributed by atoms with E-state index in [2.05, 4.69) is 17.9 Å². The molecule has 0 radical (unpaired) electrons. The van der Waals surface area contributed by atoms with Gasteiger partial charge in [-0.15, -0.1) is 0 Å². The lowest BCUT2D eigenvalue weighted by atomic mass is 9.98. The van der Waals surface area contributed by atoms with Gasteiger partial charge in [-0.05, 0) is 69.0 Å². The van der Waals surface area contributed by atoms with Gasteiger partial charge < -0.3 is 9.64 Å². The van der Waals surface area contributed by atoms with Crippen molar-refractivity contribution in [3.63, 3.8) is 0 Å². The number of ether oxygens (including phenoxy) is 1. The van der Waals surface area contributed by atoms with Crippen molar-refractivity contribution in [1.82, 2.24) is 4.90 Å². The molecule has 1 aliphatic rings. The molecular weight excluding hydrogens is 260 g/mol. The Bertz CT molecular complexity index is 449. The van der Waals surface area contributed by atoms with Crippen LogP contribution in [0.3, 0.4) is 0 Å². The molecule has 1 atom stereocenters. The molecule has 1 unspecified atom stereocenters. The molecule has 0 N–H and O–H groups in total. The van der Waals surface area contributed by atoms with Crippen molar-refractivity contribution in [2.24, 2.45) is 5.92 Å². The normalized spacial score (nSPS) is 19.7. The predicted octanol–water partition coefficient (Wildman–Crippen LogP) is 3.84. The van der Waals surface area contributed by atoms with Crippen molar-refractivity contribution in [1.29, 1.82) is 5.26 Å². The topological polar surface area (TPSA) is 36.3 Å². The predicted molar refractivity (Wildman–Crippen MR) is 85.3 cm³/mol. The highest BCUT2D eigenvalue weighted by molar-refractivity contribution is 5.34. The van der Waals surface area contributed by atoms with Crippen LogP contribution in [-0.2, 0) is 0 Å². The van der Waals surface area contributed by atoms with Crippen molar-refractivity contribution in [3.8, 4) is 11.8 Å².